The van der Waals surface area contributed by atoms with E-state index in [1.807, 2.05) is 30.5 Å². The molecule has 2 heterocycles. The highest BCUT2D eigenvalue weighted by Crippen LogP contribution is 2.29. The summed E-state index contributed by atoms with van der Waals surface area (Å²) in [4.78, 5) is 18.0. The number of Topliss-reactive ketones (excluding diaryl/α,β-unsaturated/α-hetero) is 1. The topological polar surface area (TPSA) is 32.7 Å². The van der Waals surface area contributed by atoms with Crippen molar-refractivity contribution in [2.45, 2.75) is 19.3 Å². The zero-order valence-electron chi connectivity index (χ0n) is 10.6. The highest BCUT2D eigenvalue weighted by Gasteiger charge is 2.19. The summed E-state index contributed by atoms with van der Waals surface area (Å²) in [5, 5.41) is 0.711. The molecule has 1 fully saturated rings. The summed E-state index contributed by atoms with van der Waals surface area (Å²) in [6.45, 7) is 1.64. The lowest BCUT2D eigenvalue weighted by molar-refractivity contribution is -0.121. The van der Waals surface area contributed by atoms with Crippen molar-refractivity contribution in [3.05, 3.63) is 40.6 Å². The zero-order valence-corrected chi connectivity index (χ0v) is 11.4. The number of carbonyl (C=O) groups excluding carboxylic acids is 1. The molecular formula is C15H15ClN2O. The van der Waals surface area contributed by atoms with Gasteiger partial charge in [0, 0.05) is 49.3 Å². The number of hydrogen-bond acceptors (Lipinski definition) is 3. The molecule has 3 rings (SSSR count). The van der Waals surface area contributed by atoms with Crippen molar-refractivity contribution in [1.29, 1.82) is 0 Å². The Kier molecular flexibility index (Phi) is 3.38. The van der Waals surface area contributed by atoms with Crippen molar-refractivity contribution < 1.29 is 4.79 Å². The summed E-state index contributed by atoms with van der Waals surface area (Å²) in [6.07, 6.45) is 6.03. The molecule has 1 aromatic carbocycles. The lowest BCUT2D eigenvalue weighted by atomic mass is 10.0. The van der Waals surface area contributed by atoms with Gasteiger partial charge in [0.25, 0.3) is 0 Å². The first-order valence-corrected chi connectivity index (χ1v) is 6.88. The van der Waals surface area contributed by atoms with Gasteiger partial charge in [-0.2, -0.15) is 0 Å². The van der Waals surface area contributed by atoms with Gasteiger partial charge in [-0.1, -0.05) is 17.7 Å². The van der Waals surface area contributed by atoms with Gasteiger partial charge in [-0.3, -0.25) is 9.79 Å². The van der Waals surface area contributed by atoms with Crippen LogP contribution < -0.4 is 0 Å². The van der Waals surface area contributed by atoms with Crippen molar-refractivity contribution in [1.82, 2.24) is 4.90 Å². The van der Waals surface area contributed by atoms with Crippen LogP contribution in [0.2, 0.25) is 5.02 Å². The maximum atomic E-state index is 11.3. The lowest BCUT2D eigenvalue weighted by Crippen LogP contribution is -2.33. The maximum absolute atomic E-state index is 11.3. The van der Waals surface area contributed by atoms with Gasteiger partial charge in [0.15, 0.2) is 0 Å². The normalized spacial score (nSPS) is 18.9. The summed E-state index contributed by atoms with van der Waals surface area (Å²) < 4.78 is 0. The van der Waals surface area contributed by atoms with E-state index in [0.29, 0.717) is 23.6 Å². The number of piperidine rings is 1. The number of rotatable bonds is 1. The van der Waals surface area contributed by atoms with Gasteiger partial charge in [-0.15, -0.1) is 0 Å². The van der Waals surface area contributed by atoms with Gasteiger partial charge in [-0.05, 0) is 23.8 Å². The van der Waals surface area contributed by atoms with E-state index in [2.05, 4.69) is 9.89 Å². The molecule has 0 atom stereocenters. The Morgan fingerprint density at radius 3 is 2.79 bits per heavy atom. The van der Waals surface area contributed by atoms with Crippen molar-refractivity contribution in [2.75, 3.05) is 13.1 Å². The molecule has 98 valence electrons. The van der Waals surface area contributed by atoms with Crippen LogP contribution in [0.3, 0.4) is 0 Å². The van der Waals surface area contributed by atoms with E-state index in [9.17, 15) is 4.79 Å². The van der Waals surface area contributed by atoms with Crippen LogP contribution in [-0.4, -0.2) is 30.0 Å². The number of fused-ring (bicyclic) bond motifs is 1. The number of carbonyl (C=O) groups is 1. The quantitative estimate of drug-likeness (QED) is 0.788. The Bertz CT molecular complexity index is 568. The molecule has 0 bridgehead atoms. The predicted molar refractivity (Wildman–Crippen MR) is 77.2 cm³/mol. The number of likely N-dealkylation sites (tertiary alicyclic amines) is 1. The SMILES string of the molecule is O=C1CCN(C2=CC=Nc3cc(Cl)ccc3C2)CC1. The molecule has 0 aliphatic carbocycles. The Morgan fingerprint density at radius 1 is 1.21 bits per heavy atom. The molecule has 0 amide bonds. The second-order valence-electron chi connectivity index (χ2n) is 4.91. The fraction of sp³-hybridized carbons (Fsp3) is 0.333. The number of hydrogen-bond donors (Lipinski definition) is 0. The van der Waals surface area contributed by atoms with E-state index in [1.165, 1.54) is 11.3 Å². The molecule has 0 N–H and O–H groups in total. The summed E-state index contributed by atoms with van der Waals surface area (Å²) in [6, 6.07) is 5.83. The fourth-order valence-corrected chi connectivity index (χ4v) is 2.69. The average molecular weight is 275 g/mol. The minimum atomic E-state index is 0.367. The smallest absolute Gasteiger partial charge is 0.136 e. The second-order valence-corrected chi connectivity index (χ2v) is 5.35. The Balaban J connectivity index is 1.82. The Hall–Kier alpha value is -1.61. The molecule has 19 heavy (non-hydrogen) atoms. The van der Waals surface area contributed by atoms with E-state index in [1.54, 1.807) is 0 Å². The molecule has 0 aromatic heterocycles. The molecule has 0 radical (unpaired) electrons. The largest absolute Gasteiger partial charge is 0.374 e. The monoisotopic (exact) mass is 274 g/mol. The van der Waals surface area contributed by atoms with Crippen LogP contribution in [0.15, 0.2) is 35.0 Å². The fourth-order valence-electron chi connectivity index (χ4n) is 2.52. The lowest BCUT2D eigenvalue weighted by Gasteiger charge is -2.30. The van der Waals surface area contributed by atoms with Crippen LogP contribution in [0.5, 0.6) is 0 Å². The molecule has 0 spiro atoms. The third kappa shape index (κ3) is 2.71. The standard InChI is InChI=1S/C15H15ClN2O/c16-12-2-1-11-9-13(3-6-17-15(11)10-12)18-7-4-14(19)5-8-18/h1-3,6,10H,4-5,7-9H2. The summed E-state index contributed by atoms with van der Waals surface area (Å²) in [5.41, 5.74) is 3.35. The van der Waals surface area contributed by atoms with Crippen LogP contribution in [-0.2, 0) is 11.2 Å². The van der Waals surface area contributed by atoms with E-state index >= 15 is 0 Å². The highest BCUT2D eigenvalue weighted by molar-refractivity contribution is 6.30. The van der Waals surface area contributed by atoms with Crippen molar-refractivity contribution in [3.63, 3.8) is 0 Å². The predicted octanol–water partition coefficient (Wildman–Crippen LogP) is 3.15. The van der Waals surface area contributed by atoms with Crippen molar-refractivity contribution in [2.24, 2.45) is 4.99 Å². The molecule has 0 unspecified atom stereocenters. The first-order valence-electron chi connectivity index (χ1n) is 6.51. The van der Waals surface area contributed by atoms with Crippen LogP contribution in [0.1, 0.15) is 18.4 Å². The van der Waals surface area contributed by atoms with Crippen LogP contribution in [0.4, 0.5) is 5.69 Å². The minimum Gasteiger partial charge on any atom is -0.374 e. The van der Waals surface area contributed by atoms with E-state index in [4.69, 9.17) is 11.6 Å². The Labute approximate surface area is 117 Å². The first-order chi connectivity index (χ1) is 9.22. The number of benzene rings is 1. The van der Waals surface area contributed by atoms with Crippen LogP contribution in [0.25, 0.3) is 0 Å². The summed E-state index contributed by atoms with van der Waals surface area (Å²) in [5.74, 6) is 0.367. The van der Waals surface area contributed by atoms with E-state index in [0.717, 1.165) is 25.2 Å². The van der Waals surface area contributed by atoms with Gasteiger partial charge >= 0.3 is 0 Å². The van der Waals surface area contributed by atoms with E-state index < -0.39 is 0 Å². The van der Waals surface area contributed by atoms with Gasteiger partial charge < -0.3 is 4.90 Å². The second kappa shape index (κ2) is 5.17. The minimum absolute atomic E-state index is 0.367. The number of halogens is 1. The number of aliphatic imine (C=N–C) groups is 1. The summed E-state index contributed by atoms with van der Waals surface area (Å²) in [7, 11) is 0. The van der Waals surface area contributed by atoms with Crippen LogP contribution in [0, 0.1) is 0 Å². The molecular weight excluding hydrogens is 260 g/mol. The molecule has 3 nitrogen and oxygen atoms in total. The van der Waals surface area contributed by atoms with Crippen molar-refractivity contribution >= 4 is 29.3 Å². The maximum Gasteiger partial charge on any atom is 0.136 e. The molecule has 4 heteroatoms. The third-order valence-corrected chi connectivity index (χ3v) is 3.86. The third-order valence-electron chi connectivity index (χ3n) is 3.63. The summed E-state index contributed by atoms with van der Waals surface area (Å²) >= 11 is 5.99. The van der Waals surface area contributed by atoms with Gasteiger partial charge in [0.2, 0.25) is 0 Å². The van der Waals surface area contributed by atoms with Crippen LogP contribution >= 0.6 is 11.6 Å². The van der Waals surface area contributed by atoms with Crippen molar-refractivity contribution in [3.8, 4) is 0 Å². The Morgan fingerprint density at radius 2 is 2.00 bits per heavy atom. The average Bonchev–Trinajstić information content (AvgIpc) is 2.61. The molecule has 1 saturated heterocycles. The molecule has 2 aliphatic heterocycles. The number of ketones is 1. The molecule has 0 saturated carbocycles. The molecule has 2 aliphatic rings. The van der Waals surface area contributed by atoms with Gasteiger partial charge in [-0.25, -0.2) is 0 Å². The number of allylic oxidation sites excluding steroid dienone is 2. The van der Waals surface area contributed by atoms with Gasteiger partial charge in [0.1, 0.15) is 5.78 Å². The van der Waals surface area contributed by atoms with E-state index in [-0.39, 0.29) is 0 Å². The van der Waals surface area contributed by atoms with Gasteiger partial charge in [0.05, 0.1) is 5.69 Å². The first kappa shape index (κ1) is 12.4. The number of nitrogens with zero attached hydrogens (tertiary/aromatic N) is 2. The molecule has 1 aromatic rings. The highest BCUT2D eigenvalue weighted by atomic mass is 35.5. The zero-order chi connectivity index (χ0) is 13.2.